The summed E-state index contributed by atoms with van der Waals surface area (Å²) >= 11 is 0. The molecule has 0 heterocycles. The third-order valence-corrected chi connectivity index (χ3v) is 4.47. The standard InChI is InChI=1S/C10H25N3O2S/c1-7-16(14,15)13(6)8-9(12-11-5)10(2,3)4/h9,11-12H,7-8H2,1-6H3/t9-/m1/s1. The Morgan fingerprint density at radius 2 is 1.81 bits per heavy atom. The largest absolute Gasteiger partial charge is 0.261 e. The number of nitrogens with one attached hydrogen (secondary N) is 2. The molecule has 0 unspecified atom stereocenters. The third-order valence-electron chi connectivity index (χ3n) is 2.64. The summed E-state index contributed by atoms with van der Waals surface area (Å²) in [4.78, 5) is 0. The van der Waals surface area contributed by atoms with Crippen LogP contribution in [-0.4, -0.2) is 45.2 Å². The summed E-state index contributed by atoms with van der Waals surface area (Å²) in [6.45, 7) is 8.35. The van der Waals surface area contributed by atoms with E-state index < -0.39 is 10.0 Å². The fourth-order valence-corrected chi connectivity index (χ4v) is 2.12. The molecule has 0 aromatic heterocycles. The number of likely N-dealkylation sites (N-methyl/N-ethyl adjacent to an activating group) is 1. The predicted octanol–water partition coefficient (Wildman–Crippen LogP) is 0.407. The minimum absolute atomic E-state index is 0.0134. The van der Waals surface area contributed by atoms with E-state index in [0.29, 0.717) is 6.54 Å². The molecule has 0 saturated heterocycles. The molecular formula is C10H25N3O2S. The Morgan fingerprint density at radius 1 is 1.31 bits per heavy atom. The molecule has 0 aliphatic carbocycles. The Morgan fingerprint density at radius 3 is 2.12 bits per heavy atom. The average Bonchev–Trinajstić information content (AvgIpc) is 2.15. The van der Waals surface area contributed by atoms with Gasteiger partial charge in [0.05, 0.1) is 5.75 Å². The summed E-state index contributed by atoms with van der Waals surface area (Å²) in [5.74, 6) is 0.139. The highest BCUT2D eigenvalue weighted by atomic mass is 32.2. The van der Waals surface area contributed by atoms with Gasteiger partial charge >= 0.3 is 0 Å². The molecule has 0 fully saturated rings. The number of nitrogens with zero attached hydrogens (tertiary/aromatic N) is 1. The first-order valence-corrected chi connectivity index (χ1v) is 7.12. The smallest absolute Gasteiger partial charge is 0.213 e. The zero-order valence-corrected chi connectivity index (χ0v) is 12.0. The van der Waals surface area contributed by atoms with Crippen molar-refractivity contribution in [2.24, 2.45) is 5.41 Å². The van der Waals surface area contributed by atoms with Gasteiger partial charge in [-0.05, 0) is 19.4 Å². The van der Waals surface area contributed by atoms with Crippen LogP contribution in [0.4, 0.5) is 0 Å². The van der Waals surface area contributed by atoms with Crippen LogP contribution >= 0.6 is 0 Å². The van der Waals surface area contributed by atoms with Crippen LogP contribution in [0.2, 0.25) is 0 Å². The lowest BCUT2D eigenvalue weighted by molar-refractivity contribution is 0.220. The van der Waals surface area contributed by atoms with Crippen LogP contribution in [0.15, 0.2) is 0 Å². The first kappa shape index (κ1) is 15.8. The van der Waals surface area contributed by atoms with E-state index in [9.17, 15) is 8.42 Å². The molecule has 0 amide bonds. The van der Waals surface area contributed by atoms with Crippen molar-refractivity contribution in [2.75, 3.05) is 26.4 Å². The summed E-state index contributed by atoms with van der Waals surface area (Å²) in [6.07, 6.45) is 0. The molecule has 0 aromatic rings. The fourth-order valence-electron chi connectivity index (χ4n) is 1.30. The molecule has 6 heteroatoms. The lowest BCUT2D eigenvalue weighted by Crippen LogP contribution is -2.52. The Labute approximate surface area is 99.6 Å². The fraction of sp³-hybridized carbons (Fsp3) is 1.00. The van der Waals surface area contributed by atoms with Gasteiger partial charge in [-0.15, -0.1) is 0 Å². The van der Waals surface area contributed by atoms with E-state index in [1.807, 2.05) is 0 Å². The van der Waals surface area contributed by atoms with Crippen molar-refractivity contribution in [2.45, 2.75) is 33.7 Å². The van der Waals surface area contributed by atoms with Gasteiger partial charge in [-0.25, -0.2) is 12.7 Å². The van der Waals surface area contributed by atoms with E-state index in [1.165, 1.54) is 4.31 Å². The van der Waals surface area contributed by atoms with Gasteiger partial charge in [0.15, 0.2) is 0 Å². The van der Waals surface area contributed by atoms with E-state index in [-0.39, 0.29) is 17.2 Å². The zero-order chi connectivity index (χ0) is 13.0. The van der Waals surface area contributed by atoms with Crippen molar-refractivity contribution in [3.8, 4) is 0 Å². The molecule has 1 atom stereocenters. The summed E-state index contributed by atoms with van der Waals surface area (Å²) in [6, 6.07) is 0.0591. The van der Waals surface area contributed by atoms with E-state index >= 15 is 0 Å². The highest BCUT2D eigenvalue weighted by Gasteiger charge is 2.28. The minimum atomic E-state index is -3.11. The highest BCUT2D eigenvalue weighted by Crippen LogP contribution is 2.20. The molecule has 0 radical (unpaired) electrons. The molecule has 0 rings (SSSR count). The van der Waals surface area contributed by atoms with Gasteiger partial charge in [-0.1, -0.05) is 20.8 Å². The zero-order valence-electron chi connectivity index (χ0n) is 11.2. The second kappa shape index (κ2) is 5.95. The van der Waals surface area contributed by atoms with Crippen LogP contribution in [0.3, 0.4) is 0 Å². The summed E-state index contributed by atoms with van der Waals surface area (Å²) < 4.78 is 24.7. The van der Waals surface area contributed by atoms with Crippen molar-refractivity contribution in [1.29, 1.82) is 0 Å². The summed E-state index contributed by atoms with van der Waals surface area (Å²) in [5, 5.41) is 0. The molecule has 98 valence electrons. The van der Waals surface area contributed by atoms with Crippen LogP contribution < -0.4 is 10.9 Å². The van der Waals surface area contributed by atoms with Gasteiger partial charge in [-0.3, -0.25) is 10.9 Å². The predicted molar refractivity (Wildman–Crippen MR) is 67.5 cm³/mol. The maximum Gasteiger partial charge on any atom is 0.213 e. The van der Waals surface area contributed by atoms with Crippen LogP contribution in [0.5, 0.6) is 0 Å². The lowest BCUT2D eigenvalue weighted by atomic mass is 9.87. The van der Waals surface area contributed by atoms with E-state index in [0.717, 1.165) is 0 Å². The van der Waals surface area contributed by atoms with Crippen molar-refractivity contribution in [1.82, 2.24) is 15.2 Å². The van der Waals surface area contributed by atoms with Gasteiger partial charge in [0.2, 0.25) is 10.0 Å². The molecule has 0 saturated carbocycles. The first-order valence-electron chi connectivity index (χ1n) is 5.51. The summed E-state index contributed by atoms with van der Waals surface area (Å²) in [7, 11) is 0.298. The average molecular weight is 251 g/mol. The van der Waals surface area contributed by atoms with Gasteiger partial charge in [0, 0.05) is 19.6 Å². The number of rotatable bonds is 6. The second-order valence-electron chi connectivity index (χ2n) is 4.99. The summed E-state index contributed by atoms with van der Waals surface area (Å²) in [5.41, 5.74) is 5.96. The molecular weight excluding hydrogens is 226 g/mol. The van der Waals surface area contributed by atoms with Crippen molar-refractivity contribution < 1.29 is 8.42 Å². The topological polar surface area (TPSA) is 61.4 Å². The van der Waals surface area contributed by atoms with Crippen LogP contribution in [0.1, 0.15) is 27.7 Å². The van der Waals surface area contributed by atoms with E-state index in [2.05, 4.69) is 31.6 Å². The first-order chi connectivity index (χ1) is 7.15. The van der Waals surface area contributed by atoms with Crippen molar-refractivity contribution in [3.63, 3.8) is 0 Å². The van der Waals surface area contributed by atoms with Gasteiger partial charge in [0.25, 0.3) is 0 Å². The molecule has 0 aliphatic rings. The molecule has 0 spiro atoms. The maximum absolute atomic E-state index is 11.6. The van der Waals surface area contributed by atoms with Crippen molar-refractivity contribution in [3.05, 3.63) is 0 Å². The number of hydrogen-bond donors (Lipinski definition) is 2. The van der Waals surface area contributed by atoms with Crippen LogP contribution in [0, 0.1) is 5.41 Å². The molecule has 0 aliphatic heterocycles. The molecule has 2 N–H and O–H groups in total. The number of hydrogen-bond acceptors (Lipinski definition) is 4. The quantitative estimate of drug-likeness (QED) is 0.671. The Hall–Kier alpha value is -0.170. The Bertz CT molecular complexity index is 296. The van der Waals surface area contributed by atoms with Gasteiger partial charge < -0.3 is 0 Å². The second-order valence-corrected chi connectivity index (χ2v) is 7.36. The number of sulfonamides is 1. The van der Waals surface area contributed by atoms with E-state index in [4.69, 9.17) is 0 Å². The number of hydrazine groups is 1. The van der Waals surface area contributed by atoms with Gasteiger partial charge in [-0.2, -0.15) is 0 Å². The van der Waals surface area contributed by atoms with Gasteiger partial charge in [0.1, 0.15) is 0 Å². The van der Waals surface area contributed by atoms with Crippen molar-refractivity contribution >= 4 is 10.0 Å². The lowest BCUT2D eigenvalue weighted by Gasteiger charge is -2.34. The normalized spacial score (nSPS) is 15.4. The molecule has 0 aromatic carbocycles. The van der Waals surface area contributed by atoms with E-state index in [1.54, 1.807) is 21.0 Å². The Balaban J connectivity index is 4.65. The van der Waals surface area contributed by atoms with Crippen LogP contribution in [-0.2, 0) is 10.0 Å². The monoisotopic (exact) mass is 251 g/mol. The SMILES string of the molecule is CCS(=O)(=O)N(C)C[C@@H](NNC)C(C)(C)C. The highest BCUT2D eigenvalue weighted by molar-refractivity contribution is 7.89. The third kappa shape index (κ3) is 4.78. The maximum atomic E-state index is 11.6. The molecule has 16 heavy (non-hydrogen) atoms. The Kier molecular flexibility index (Phi) is 5.89. The molecule has 5 nitrogen and oxygen atoms in total. The minimum Gasteiger partial charge on any atom is -0.261 e. The molecule has 0 bridgehead atoms. The van der Waals surface area contributed by atoms with Crippen LogP contribution in [0.25, 0.3) is 0 Å².